The van der Waals surface area contributed by atoms with Crippen molar-refractivity contribution >= 4 is 5.91 Å². The van der Waals surface area contributed by atoms with E-state index < -0.39 is 0 Å². The molecular formula is C18H24N4O3. The van der Waals surface area contributed by atoms with Gasteiger partial charge in [-0.3, -0.25) is 9.59 Å². The zero-order valence-electron chi connectivity index (χ0n) is 15.0. The maximum absolute atomic E-state index is 12.6. The third-order valence-electron chi connectivity index (χ3n) is 4.56. The summed E-state index contributed by atoms with van der Waals surface area (Å²) >= 11 is 0. The maximum atomic E-state index is 12.6. The molecule has 0 spiro atoms. The largest absolute Gasteiger partial charge is 0.361 e. The average Bonchev–Trinajstić information content (AvgIpc) is 2.89. The Kier molecular flexibility index (Phi) is 5.03. The van der Waals surface area contributed by atoms with Crippen molar-refractivity contribution in [3.63, 3.8) is 0 Å². The minimum absolute atomic E-state index is 0.0208. The second-order valence-electron chi connectivity index (χ2n) is 6.71. The minimum atomic E-state index is -0.119. The summed E-state index contributed by atoms with van der Waals surface area (Å²) in [4.78, 5) is 28.8. The summed E-state index contributed by atoms with van der Waals surface area (Å²) in [7, 11) is 3.99. The highest BCUT2D eigenvalue weighted by atomic mass is 16.5. The average molecular weight is 344 g/mol. The number of rotatable bonds is 4. The molecule has 3 rings (SSSR count). The molecule has 2 aromatic rings. The molecule has 0 fully saturated rings. The van der Waals surface area contributed by atoms with Crippen molar-refractivity contribution in [3.8, 4) is 0 Å². The number of pyridine rings is 1. The van der Waals surface area contributed by atoms with Gasteiger partial charge in [-0.1, -0.05) is 11.2 Å². The summed E-state index contributed by atoms with van der Waals surface area (Å²) in [5.41, 5.74) is 2.55. The molecule has 1 aliphatic heterocycles. The first kappa shape index (κ1) is 17.4. The van der Waals surface area contributed by atoms with Crippen molar-refractivity contribution in [2.24, 2.45) is 0 Å². The van der Waals surface area contributed by atoms with Gasteiger partial charge in [-0.05, 0) is 33.0 Å². The molecular weight excluding hydrogens is 320 g/mol. The van der Waals surface area contributed by atoms with Crippen LogP contribution >= 0.6 is 0 Å². The van der Waals surface area contributed by atoms with Gasteiger partial charge in [-0.2, -0.15) is 0 Å². The van der Waals surface area contributed by atoms with Gasteiger partial charge in [0.25, 0.3) is 11.5 Å². The Morgan fingerprint density at radius 2 is 2.04 bits per heavy atom. The third kappa shape index (κ3) is 3.82. The predicted octanol–water partition coefficient (Wildman–Crippen LogP) is 0.947. The molecule has 25 heavy (non-hydrogen) atoms. The van der Waals surface area contributed by atoms with Gasteiger partial charge >= 0.3 is 0 Å². The standard InChI is InChI=1S/C18H24N4O3/c1-13-12-15(19-25-13)18(24)21-8-6-14-4-5-17(23)22(11-10-20(2)3)16(14)7-9-21/h4-5,12H,6-11H2,1-3H3. The number of fused-ring (bicyclic) bond motifs is 1. The van der Waals surface area contributed by atoms with Gasteiger partial charge in [0.15, 0.2) is 5.69 Å². The maximum Gasteiger partial charge on any atom is 0.276 e. The van der Waals surface area contributed by atoms with E-state index in [2.05, 4.69) is 10.1 Å². The van der Waals surface area contributed by atoms with Gasteiger partial charge in [0, 0.05) is 50.4 Å². The van der Waals surface area contributed by atoms with E-state index in [-0.39, 0.29) is 11.5 Å². The third-order valence-corrected chi connectivity index (χ3v) is 4.56. The van der Waals surface area contributed by atoms with Crippen LogP contribution in [0.1, 0.15) is 27.5 Å². The molecule has 0 unspecified atom stereocenters. The van der Waals surface area contributed by atoms with Crippen LogP contribution in [-0.4, -0.2) is 59.2 Å². The van der Waals surface area contributed by atoms with Gasteiger partial charge < -0.3 is 18.9 Å². The van der Waals surface area contributed by atoms with Crippen LogP contribution in [0.2, 0.25) is 0 Å². The quantitative estimate of drug-likeness (QED) is 0.826. The molecule has 0 saturated carbocycles. The van der Waals surface area contributed by atoms with Gasteiger partial charge in [-0.15, -0.1) is 0 Å². The van der Waals surface area contributed by atoms with E-state index >= 15 is 0 Å². The van der Waals surface area contributed by atoms with E-state index in [4.69, 9.17) is 4.52 Å². The molecule has 0 atom stereocenters. The Morgan fingerprint density at radius 3 is 2.72 bits per heavy atom. The van der Waals surface area contributed by atoms with Crippen LogP contribution in [-0.2, 0) is 19.4 Å². The molecule has 0 aromatic carbocycles. The first-order valence-electron chi connectivity index (χ1n) is 8.54. The van der Waals surface area contributed by atoms with Gasteiger partial charge in [0.05, 0.1) is 0 Å². The molecule has 2 aromatic heterocycles. The van der Waals surface area contributed by atoms with E-state index in [1.54, 1.807) is 24.0 Å². The fourth-order valence-electron chi connectivity index (χ4n) is 3.17. The molecule has 7 nitrogen and oxygen atoms in total. The smallest absolute Gasteiger partial charge is 0.276 e. The van der Waals surface area contributed by atoms with Crippen molar-refractivity contribution < 1.29 is 9.32 Å². The molecule has 1 amide bonds. The van der Waals surface area contributed by atoms with Crippen LogP contribution in [0, 0.1) is 6.92 Å². The summed E-state index contributed by atoms with van der Waals surface area (Å²) < 4.78 is 6.86. The van der Waals surface area contributed by atoms with E-state index in [1.165, 1.54) is 0 Å². The molecule has 134 valence electrons. The number of carbonyl (C=O) groups excluding carboxylic acids is 1. The zero-order valence-corrected chi connectivity index (χ0v) is 15.0. The molecule has 0 saturated heterocycles. The first-order chi connectivity index (χ1) is 12.0. The lowest BCUT2D eigenvalue weighted by Gasteiger charge is -2.19. The number of aromatic nitrogens is 2. The Labute approximate surface area is 146 Å². The monoisotopic (exact) mass is 344 g/mol. The first-order valence-corrected chi connectivity index (χ1v) is 8.54. The molecule has 0 radical (unpaired) electrons. The summed E-state index contributed by atoms with van der Waals surface area (Å²) in [5, 5.41) is 3.82. The lowest BCUT2D eigenvalue weighted by Crippen LogP contribution is -2.34. The summed E-state index contributed by atoms with van der Waals surface area (Å²) in [6.45, 7) is 4.42. The predicted molar refractivity (Wildman–Crippen MR) is 93.8 cm³/mol. The van der Waals surface area contributed by atoms with Gasteiger partial charge in [-0.25, -0.2) is 0 Å². The highest BCUT2D eigenvalue weighted by molar-refractivity contribution is 5.92. The van der Waals surface area contributed by atoms with Crippen LogP contribution < -0.4 is 5.56 Å². The van der Waals surface area contributed by atoms with Gasteiger partial charge in [0.2, 0.25) is 0 Å². The molecule has 0 N–H and O–H groups in total. The number of carbonyl (C=O) groups is 1. The SMILES string of the molecule is Cc1cc(C(=O)N2CCc3ccc(=O)n(CCN(C)C)c3CC2)no1. The lowest BCUT2D eigenvalue weighted by atomic mass is 10.1. The second kappa shape index (κ2) is 7.23. The van der Waals surface area contributed by atoms with E-state index in [1.807, 2.05) is 24.7 Å². The minimum Gasteiger partial charge on any atom is -0.361 e. The highest BCUT2D eigenvalue weighted by Crippen LogP contribution is 2.16. The van der Waals surface area contributed by atoms with Crippen molar-refractivity contribution in [1.29, 1.82) is 0 Å². The van der Waals surface area contributed by atoms with Crippen molar-refractivity contribution in [3.05, 3.63) is 51.3 Å². The summed E-state index contributed by atoms with van der Waals surface area (Å²) in [6, 6.07) is 5.19. The molecule has 0 bridgehead atoms. The highest BCUT2D eigenvalue weighted by Gasteiger charge is 2.23. The number of hydrogen-bond acceptors (Lipinski definition) is 5. The molecule has 1 aliphatic rings. The van der Waals surface area contributed by atoms with Crippen LogP contribution in [0.3, 0.4) is 0 Å². The second-order valence-corrected chi connectivity index (χ2v) is 6.71. The van der Waals surface area contributed by atoms with Crippen LogP contribution in [0.5, 0.6) is 0 Å². The lowest BCUT2D eigenvalue weighted by molar-refractivity contribution is 0.0752. The van der Waals surface area contributed by atoms with Crippen molar-refractivity contribution in [2.75, 3.05) is 33.7 Å². The molecule has 0 aliphatic carbocycles. The summed E-state index contributed by atoms with van der Waals surface area (Å²) in [6.07, 6.45) is 1.40. The topological polar surface area (TPSA) is 71.6 Å². The van der Waals surface area contributed by atoms with E-state index in [0.717, 1.165) is 24.2 Å². The number of amides is 1. The van der Waals surface area contributed by atoms with Gasteiger partial charge in [0.1, 0.15) is 5.76 Å². The Balaban J connectivity index is 1.81. The fourth-order valence-corrected chi connectivity index (χ4v) is 3.17. The van der Waals surface area contributed by atoms with Crippen LogP contribution in [0.25, 0.3) is 0 Å². The number of hydrogen-bond donors (Lipinski definition) is 0. The normalized spacial score (nSPS) is 14.5. The van der Waals surface area contributed by atoms with E-state index in [0.29, 0.717) is 37.5 Å². The van der Waals surface area contributed by atoms with Crippen LogP contribution in [0.15, 0.2) is 27.5 Å². The Hall–Kier alpha value is -2.41. The number of aryl methyl sites for hydroxylation is 1. The Bertz CT molecular complexity index is 822. The van der Waals surface area contributed by atoms with Crippen molar-refractivity contribution in [2.45, 2.75) is 26.3 Å². The van der Waals surface area contributed by atoms with E-state index in [9.17, 15) is 9.59 Å². The van der Waals surface area contributed by atoms with Crippen molar-refractivity contribution in [1.82, 2.24) is 19.5 Å². The summed E-state index contributed by atoms with van der Waals surface area (Å²) in [5.74, 6) is 0.505. The number of nitrogens with zero attached hydrogens (tertiary/aromatic N) is 4. The molecule has 7 heteroatoms. The van der Waals surface area contributed by atoms with Crippen LogP contribution in [0.4, 0.5) is 0 Å². The number of likely N-dealkylation sites (N-methyl/N-ethyl adjacent to an activating group) is 1. The zero-order chi connectivity index (χ0) is 18.0. The molecule has 3 heterocycles. The Morgan fingerprint density at radius 1 is 1.28 bits per heavy atom. The fraction of sp³-hybridized carbons (Fsp3) is 0.500.